The number of carbonyl (C=O) groups excluding carboxylic acids is 1. The van der Waals surface area contributed by atoms with Crippen LogP contribution in [-0.2, 0) is 4.74 Å². The topological polar surface area (TPSA) is 74.4 Å². The summed E-state index contributed by atoms with van der Waals surface area (Å²) in [4.78, 5) is 22.8. The van der Waals surface area contributed by atoms with Crippen molar-refractivity contribution in [2.24, 2.45) is 0 Å². The van der Waals surface area contributed by atoms with Crippen molar-refractivity contribution in [1.29, 1.82) is 0 Å². The predicted octanol–water partition coefficient (Wildman–Crippen LogP) is 6.10. The van der Waals surface area contributed by atoms with Gasteiger partial charge in [0.05, 0.1) is 10.5 Å². The maximum atomic E-state index is 12.5. The number of carbonyl (C=O) groups is 1. The summed E-state index contributed by atoms with van der Waals surface area (Å²) in [5.74, 6) is 11.8. The number of hydrogen-bond acceptors (Lipinski definition) is 4. The van der Waals surface area contributed by atoms with E-state index in [2.05, 4.69) is 30.3 Å². The fraction of sp³-hybridized carbons (Fsp3) is 0.207. The van der Waals surface area contributed by atoms with Gasteiger partial charge in [0.15, 0.2) is 6.10 Å². The zero-order valence-electron chi connectivity index (χ0n) is 19.6. The molecule has 3 rings (SSSR count). The lowest BCUT2D eigenvalue weighted by molar-refractivity contribution is -0.384. The van der Waals surface area contributed by atoms with Gasteiger partial charge in [0.2, 0.25) is 0 Å². The van der Waals surface area contributed by atoms with Crippen LogP contribution in [0, 0.1) is 33.8 Å². The number of ether oxygens (including phenoxy) is 1. The van der Waals surface area contributed by atoms with Crippen molar-refractivity contribution in [2.45, 2.75) is 38.7 Å². The summed E-state index contributed by atoms with van der Waals surface area (Å²) in [5, 5.41) is 10.8. The van der Waals surface area contributed by atoms with E-state index in [1.165, 1.54) is 24.3 Å². The van der Waals surface area contributed by atoms with Gasteiger partial charge in [-0.15, -0.1) is 0 Å². The minimum atomic E-state index is -0.598. The Labute approximate surface area is 205 Å². The van der Waals surface area contributed by atoms with Gasteiger partial charge in [0.25, 0.3) is 5.69 Å². The summed E-state index contributed by atoms with van der Waals surface area (Å²) >= 11 is 0. The molecule has 0 bridgehead atoms. The first-order valence-electron chi connectivity index (χ1n) is 11.2. The van der Waals surface area contributed by atoms with Gasteiger partial charge in [0, 0.05) is 48.6 Å². The summed E-state index contributed by atoms with van der Waals surface area (Å²) in [7, 11) is 0. The molecule has 1 atom stereocenters. The van der Waals surface area contributed by atoms with Gasteiger partial charge < -0.3 is 9.30 Å². The molecule has 0 aliphatic heterocycles. The van der Waals surface area contributed by atoms with E-state index >= 15 is 0 Å². The zero-order chi connectivity index (χ0) is 25.0. The van der Waals surface area contributed by atoms with Gasteiger partial charge in [0.1, 0.15) is 0 Å². The first-order chi connectivity index (χ1) is 16.9. The second kappa shape index (κ2) is 12.6. The number of nitrogens with zero attached hydrogens (tertiary/aromatic N) is 2. The van der Waals surface area contributed by atoms with Crippen LogP contribution in [0.15, 0.2) is 85.2 Å². The SMILES string of the molecule is C=C(C)CC#CC(CCCC#Cc1ccc(-n2cccc2)cc1)OC(=O)c1ccc([N+](=O)[O-])cc1. The molecule has 0 saturated carbocycles. The highest BCUT2D eigenvalue weighted by molar-refractivity contribution is 5.89. The maximum Gasteiger partial charge on any atom is 0.339 e. The van der Waals surface area contributed by atoms with Crippen molar-refractivity contribution in [3.63, 3.8) is 0 Å². The molecule has 1 heterocycles. The highest BCUT2D eigenvalue weighted by Crippen LogP contribution is 2.15. The number of aromatic nitrogens is 1. The fourth-order valence-corrected chi connectivity index (χ4v) is 3.16. The number of rotatable bonds is 8. The molecule has 3 aromatic rings. The number of allylic oxidation sites excluding steroid dienone is 1. The van der Waals surface area contributed by atoms with Crippen molar-refractivity contribution >= 4 is 11.7 Å². The first kappa shape index (κ1) is 25.1. The Balaban J connectivity index is 1.56. The summed E-state index contributed by atoms with van der Waals surface area (Å²) in [6, 6.07) is 17.3. The smallest absolute Gasteiger partial charge is 0.339 e. The van der Waals surface area contributed by atoms with Crippen LogP contribution >= 0.6 is 0 Å². The number of unbranched alkanes of at least 4 members (excludes halogenated alkanes) is 1. The van der Waals surface area contributed by atoms with Crippen LogP contribution in [0.4, 0.5) is 5.69 Å². The maximum absolute atomic E-state index is 12.5. The molecule has 0 aliphatic carbocycles. The monoisotopic (exact) mass is 466 g/mol. The van der Waals surface area contributed by atoms with E-state index in [-0.39, 0.29) is 11.3 Å². The van der Waals surface area contributed by atoms with Crippen molar-refractivity contribution in [3.8, 4) is 29.4 Å². The zero-order valence-corrected chi connectivity index (χ0v) is 19.6. The largest absolute Gasteiger partial charge is 0.446 e. The Morgan fingerprint density at radius 3 is 2.40 bits per heavy atom. The minimum Gasteiger partial charge on any atom is -0.446 e. The summed E-state index contributed by atoms with van der Waals surface area (Å²) in [5.41, 5.74) is 3.09. The lowest BCUT2D eigenvalue weighted by Gasteiger charge is -2.12. The van der Waals surface area contributed by atoms with Crippen molar-refractivity contribution in [3.05, 3.63) is 106 Å². The van der Waals surface area contributed by atoms with E-state index in [4.69, 9.17) is 4.74 Å². The highest BCUT2D eigenvalue weighted by atomic mass is 16.6. The van der Waals surface area contributed by atoms with Crippen LogP contribution < -0.4 is 0 Å². The molecule has 6 nitrogen and oxygen atoms in total. The van der Waals surface area contributed by atoms with Gasteiger partial charge >= 0.3 is 5.97 Å². The standard InChI is InChI=1S/C29H26N2O4/c1-23(2)9-8-12-28(35-29(32)25-15-19-27(20-16-25)31(33)34)11-5-3-4-10-24-13-17-26(18-14-24)30-21-6-7-22-30/h6-7,13-22,28H,1,3,5,9,11H2,2H3. The molecule has 1 aromatic heterocycles. The van der Waals surface area contributed by atoms with Crippen LogP contribution in [0.5, 0.6) is 0 Å². The molecule has 6 heteroatoms. The van der Waals surface area contributed by atoms with E-state index < -0.39 is 17.0 Å². The third-order valence-corrected chi connectivity index (χ3v) is 4.99. The van der Waals surface area contributed by atoms with E-state index in [1.54, 1.807) is 0 Å². The van der Waals surface area contributed by atoms with Crippen LogP contribution in [0.1, 0.15) is 48.5 Å². The average Bonchev–Trinajstić information content (AvgIpc) is 3.39. The molecule has 2 aromatic carbocycles. The number of non-ortho nitro benzene ring substituents is 1. The normalized spacial score (nSPS) is 10.8. The van der Waals surface area contributed by atoms with E-state index in [1.807, 2.05) is 60.3 Å². The lowest BCUT2D eigenvalue weighted by Crippen LogP contribution is -2.17. The number of esters is 1. The summed E-state index contributed by atoms with van der Waals surface area (Å²) in [6.45, 7) is 5.72. The van der Waals surface area contributed by atoms with Gasteiger partial charge in [-0.05, 0) is 68.3 Å². The Bertz CT molecular complexity index is 1280. The van der Waals surface area contributed by atoms with Gasteiger partial charge in [-0.1, -0.05) is 35.8 Å². The molecule has 0 aliphatic rings. The average molecular weight is 467 g/mol. The molecular formula is C29H26N2O4. The number of nitro benzene ring substituents is 1. The molecule has 0 fully saturated rings. The number of hydrogen-bond donors (Lipinski definition) is 0. The molecule has 0 radical (unpaired) electrons. The Hall–Kier alpha value is -4.55. The Kier molecular flexibility index (Phi) is 9.05. The first-order valence-corrected chi connectivity index (χ1v) is 11.2. The van der Waals surface area contributed by atoms with E-state index in [0.29, 0.717) is 25.7 Å². The van der Waals surface area contributed by atoms with E-state index in [0.717, 1.165) is 16.8 Å². The van der Waals surface area contributed by atoms with E-state index in [9.17, 15) is 14.9 Å². The van der Waals surface area contributed by atoms with Crippen molar-refractivity contribution in [2.75, 3.05) is 0 Å². The molecule has 0 saturated heterocycles. The van der Waals surface area contributed by atoms with Crippen LogP contribution in [0.3, 0.4) is 0 Å². The third-order valence-electron chi connectivity index (χ3n) is 4.99. The van der Waals surface area contributed by atoms with Gasteiger partial charge in [-0.25, -0.2) is 4.79 Å². The van der Waals surface area contributed by atoms with Crippen LogP contribution in [0.25, 0.3) is 5.69 Å². The second-order valence-corrected chi connectivity index (χ2v) is 7.98. The number of nitro groups is 1. The lowest BCUT2D eigenvalue weighted by atomic mass is 10.1. The highest BCUT2D eigenvalue weighted by Gasteiger charge is 2.15. The molecule has 35 heavy (non-hydrogen) atoms. The minimum absolute atomic E-state index is 0.0858. The molecule has 1 unspecified atom stereocenters. The molecule has 0 amide bonds. The Morgan fingerprint density at radius 2 is 1.77 bits per heavy atom. The quantitative estimate of drug-likeness (QED) is 0.100. The van der Waals surface area contributed by atoms with Crippen molar-refractivity contribution < 1.29 is 14.5 Å². The fourth-order valence-electron chi connectivity index (χ4n) is 3.16. The van der Waals surface area contributed by atoms with Crippen LogP contribution in [0.2, 0.25) is 0 Å². The van der Waals surface area contributed by atoms with Crippen LogP contribution in [-0.4, -0.2) is 21.6 Å². The predicted molar refractivity (Wildman–Crippen MR) is 136 cm³/mol. The molecule has 0 spiro atoms. The molecule has 0 N–H and O–H groups in total. The Morgan fingerprint density at radius 1 is 1.09 bits per heavy atom. The van der Waals surface area contributed by atoms with Gasteiger partial charge in [-0.2, -0.15) is 0 Å². The van der Waals surface area contributed by atoms with Crippen molar-refractivity contribution in [1.82, 2.24) is 4.57 Å². The third kappa shape index (κ3) is 8.07. The second-order valence-electron chi connectivity index (χ2n) is 7.98. The molecular weight excluding hydrogens is 440 g/mol. The summed E-state index contributed by atoms with van der Waals surface area (Å²) in [6.07, 6.45) is 5.77. The number of benzene rings is 2. The summed E-state index contributed by atoms with van der Waals surface area (Å²) < 4.78 is 7.60. The molecule has 176 valence electrons. The van der Waals surface area contributed by atoms with Gasteiger partial charge in [-0.3, -0.25) is 10.1 Å².